The van der Waals surface area contributed by atoms with Crippen LogP contribution in [0.15, 0.2) is 59.8 Å². The fourth-order valence-corrected chi connectivity index (χ4v) is 3.75. The first-order chi connectivity index (χ1) is 15.4. The topological polar surface area (TPSA) is 132 Å². The third kappa shape index (κ3) is 5.91. The summed E-state index contributed by atoms with van der Waals surface area (Å²) < 4.78 is 1.69. The SMILES string of the molecule is CCC(Sc1nnc(CC(=O)Nc2ccccc2)n1C)C(=O)Nc1ccc([N+](=O)[O-])cc1. The van der Waals surface area contributed by atoms with Crippen molar-refractivity contribution in [2.24, 2.45) is 7.05 Å². The molecule has 1 heterocycles. The molecular formula is C21H22N6O4S. The van der Waals surface area contributed by atoms with Gasteiger partial charge in [0.05, 0.1) is 16.6 Å². The van der Waals surface area contributed by atoms with Crippen molar-refractivity contribution in [2.75, 3.05) is 10.6 Å². The molecule has 166 valence electrons. The maximum atomic E-state index is 12.7. The molecule has 0 radical (unpaired) electrons. The van der Waals surface area contributed by atoms with Gasteiger partial charge in [-0.2, -0.15) is 0 Å². The number of hydrogen-bond donors (Lipinski definition) is 2. The predicted molar refractivity (Wildman–Crippen MR) is 121 cm³/mol. The highest BCUT2D eigenvalue weighted by atomic mass is 32.2. The molecule has 0 saturated carbocycles. The Morgan fingerprint density at radius 3 is 2.34 bits per heavy atom. The molecule has 1 aromatic heterocycles. The Bertz CT molecular complexity index is 1100. The molecule has 0 bridgehead atoms. The standard InChI is InChI=1S/C21H22N6O4S/c1-3-17(20(29)23-15-9-11-16(12-10-15)27(30)31)32-21-25-24-18(26(21)2)13-19(28)22-14-7-5-4-6-8-14/h4-12,17H,3,13H2,1-2H3,(H,22,28)(H,23,29). The third-order valence-corrected chi connectivity index (χ3v) is 5.96. The van der Waals surface area contributed by atoms with Crippen LogP contribution in [0, 0.1) is 10.1 Å². The smallest absolute Gasteiger partial charge is 0.269 e. The van der Waals surface area contributed by atoms with Crippen LogP contribution in [0.4, 0.5) is 17.1 Å². The lowest BCUT2D eigenvalue weighted by Crippen LogP contribution is -2.25. The van der Waals surface area contributed by atoms with Crippen LogP contribution in [0.3, 0.4) is 0 Å². The summed E-state index contributed by atoms with van der Waals surface area (Å²) in [5, 5.41) is 24.6. The molecule has 0 spiro atoms. The summed E-state index contributed by atoms with van der Waals surface area (Å²) in [6, 6.07) is 14.8. The van der Waals surface area contributed by atoms with E-state index >= 15 is 0 Å². The second-order valence-corrected chi connectivity index (χ2v) is 8.03. The van der Waals surface area contributed by atoms with Gasteiger partial charge in [-0.25, -0.2) is 0 Å². The zero-order chi connectivity index (χ0) is 23.1. The van der Waals surface area contributed by atoms with Crippen molar-refractivity contribution in [1.29, 1.82) is 0 Å². The van der Waals surface area contributed by atoms with Crippen molar-refractivity contribution in [3.8, 4) is 0 Å². The van der Waals surface area contributed by atoms with E-state index < -0.39 is 10.2 Å². The highest BCUT2D eigenvalue weighted by Gasteiger charge is 2.22. The number of rotatable bonds is 9. The van der Waals surface area contributed by atoms with E-state index in [0.29, 0.717) is 28.8 Å². The van der Waals surface area contributed by atoms with Gasteiger partial charge in [0.25, 0.3) is 5.69 Å². The van der Waals surface area contributed by atoms with Crippen molar-refractivity contribution in [1.82, 2.24) is 14.8 Å². The normalized spacial score (nSPS) is 11.6. The maximum Gasteiger partial charge on any atom is 0.269 e. The number of carbonyl (C=O) groups is 2. The number of nitro groups is 1. The summed E-state index contributed by atoms with van der Waals surface area (Å²) in [7, 11) is 1.74. The summed E-state index contributed by atoms with van der Waals surface area (Å²) in [6.45, 7) is 1.87. The predicted octanol–water partition coefficient (Wildman–Crippen LogP) is 3.41. The van der Waals surface area contributed by atoms with Crippen LogP contribution in [0.5, 0.6) is 0 Å². The molecule has 0 aliphatic heterocycles. The van der Waals surface area contributed by atoms with Gasteiger partial charge in [-0.1, -0.05) is 36.9 Å². The molecule has 0 aliphatic rings. The quantitative estimate of drug-likeness (QED) is 0.288. The average Bonchev–Trinajstić information content (AvgIpc) is 3.11. The van der Waals surface area contributed by atoms with Crippen molar-refractivity contribution in [3.63, 3.8) is 0 Å². The molecule has 2 aromatic carbocycles. The van der Waals surface area contributed by atoms with Crippen LogP contribution in [0.1, 0.15) is 19.2 Å². The van der Waals surface area contributed by atoms with Crippen molar-refractivity contribution in [3.05, 3.63) is 70.5 Å². The van der Waals surface area contributed by atoms with E-state index in [9.17, 15) is 19.7 Å². The molecule has 2 N–H and O–H groups in total. The highest BCUT2D eigenvalue weighted by Crippen LogP contribution is 2.26. The van der Waals surface area contributed by atoms with Gasteiger partial charge in [0.2, 0.25) is 11.8 Å². The Morgan fingerprint density at radius 2 is 1.72 bits per heavy atom. The van der Waals surface area contributed by atoms with E-state index in [0.717, 1.165) is 0 Å². The lowest BCUT2D eigenvalue weighted by molar-refractivity contribution is -0.384. The number of thioether (sulfide) groups is 1. The third-order valence-electron chi connectivity index (χ3n) is 4.56. The molecule has 0 saturated heterocycles. The van der Waals surface area contributed by atoms with Crippen LogP contribution in [-0.4, -0.2) is 36.8 Å². The summed E-state index contributed by atoms with van der Waals surface area (Å²) in [4.78, 5) is 35.2. The number of non-ortho nitro benzene ring substituents is 1. The van der Waals surface area contributed by atoms with E-state index in [1.54, 1.807) is 23.7 Å². The molecule has 2 amide bonds. The molecule has 11 heteroatoms. The molecule has 3 rings (SSSR count). The highest BCUT2D eigenvalue weighted by molar-refractivity contribution is 8.00. The number of carbonyl (C=O) groups excluding carboxylic acids is 2. The van der Waals surface area contributed by atoms with Gasteiger partial charge in [0.1, 0.15) is 5.82 Å². The number of hydrogen-bond acceptors (Lipinski definition) is 7. The fourth-order valence-electron chi connectivity index (χ4n) is 2.81. The van der Waals surface area contributed by atoms with Crippen LogP contribution < -0.4 is 10.6 Å². The van der Waals surface area contributed by atoms with E-state index in [2.05, 4.69) is 20.8 Å². The molecule has 1 unspecified atom stereocenters. The number of nitrogens with one attached hydrogen (secondary N) is 2. The lowest BCUT2D eigenvalue weighted by Gasteiger charge is -2.14. The van der Waals surface area contributed by atoms with E-state index in [4.69, 9.17) is 0 Å². The Kier molecular flexibility index (Phi) is 7.55. The van der Waals surface area contributed by atoms with E-state index in [-0.39, 0.29) is 23.9 Å². The zero-order valence-electron chi connectivity index (χ0n) is 17.5. The maximum absolute atomic E-state index is 12.7. The van der Waals surface area contributed by atoms with Gasteiger partial charge >= 0.3 is 0 Å². The van der Waals surface area contributed by atoms with Gasteiger partial charge in [0, 0.05) is 30.6 Å². The molecular weight excluding hydrogens is 432 g/mol. The van der Waals surface area contributed by atoms with Gasteiger partial charge in [-0.15, -0.1) is 10.2 Å². The van der Waals surface area contributed by atoms with Crippen molar-refractivity contribution in [2.45, 2.75) is 30.2 Å². The van der Waals surface area contributed by atoms with Crippen LogP contribution in [0.2, 0.25) is 0 Å². The Labute approximate surface area is 188 Å². The number of anilines is 2. The Hall–Kier alpha value is -3.73. The van der Waals surface area contributed by atoms with Crippen LogP contribution >= 0.6 is 11.8 Å². The summed E-state index contributed by atoms with van der Waals surface area (Å²) in [5.41, 5.74) is 1.12. The number of amides is 2. The largest absolute Gasteiger partial charge is 0.326 e. The number of para-hydroxylation sites is 1. The van der Waals surface area contributed by atoms with E-state index in [1.807, 2.05) is 25.1 Å². The fraction of sp³-hybridized carbons (Fsp3) is 0.238. The van der Waals surface area contributed by atoms with Gasteiger partial charge in [-0.05, 0) is 30.7 Å². The molecule has 32 heavy (non-hydrogen) atoms. The van der Waals surface area contributed by atoms with Gasteiger partial charge in [0.15, 0.2) is 5.16 Å². The number of nitro benzene ring substituents is 1. The molecule has 3 aromatic rings. The molecule has 10 nitrogen and oxygen atoms in total. The molecule has 0 fully saturated rings. The summed E-state index contributed by atoms with van der Waals surface area (Å²) in [5.74, 6) is 0.00971. The monoisotopic (exact) mass is 454 g/mol. The van der Waals surface area contributed by atoms with Gasteiger partial charge < -0.3 is 15.2 Å². The Balaban J connectivity index is 1.61. The lowest BCUT2D eigenvalue weighted by atomic mass is 10.2. The summed E-state index contributed by atoms with van der Waals surface area (Å²) >= 11 is 1.24. The molecule has 0 aliphatic carbocycles. The zero-order valence-corrected chi connectivity index (χ0v) is 18.3. The van der Waals surface area contributed by atoms with Crippen LogP contribution in [-0.2, 0) is 23.1 Å². The minimum Gasteiger partial charge on any atom is -0.326 e. The minimum absolute atomic E-state index is 0.0464. The summed E-state index contributed by atoms with van der Waals surface area (Å²) in [6.07, 6.45) is 0.574. The van der Waals surface area contributed by atoms with E-state index in [1.165, 1.54) is 36.0 Å². The second kappa shape index (κ2) is 10.5. The first kappa shape index (κ1) is 22.9. The number of nitrogens with zero attached hydrogens (tertiary/aromatic N) is 4. The van der Waals surface area contributed by atoms with Crippen molar-refractivity contribution < 1.29 is 14.5 Å². The Morgan fingerprint density at radius 1 is 1.06 bits per heavy atom. The number of benzene rings is 2. The van der Waals surface area contributed by atoms with Crippen LogP contribution in [0.25, 0.3) is 0 Å². The second-order valence-electron chi connectivity index (χ2n) is 6.86. The van der Waals surface area contributed by atoms with Crippen molar-refractivity contribution >= 4 is 40.6 Å². The number of aromatic nitrogens is 3. The first-order valence-electron chi connectivity index (χ1n) is 9.82. The van der Waals surface area contributed by atoms with Gasteiger partial charge in [-0.3, -0.25) is 19.7 Å². The minimum atomic E-state index is -0.498. The first-order valence-corrected chi connectivity index (χ1v) is 10.7. The molecule has 1 atom stereocenters. The average molecular weight is 455 g/mol.